The average molecular weight is 303 g/mol. The summed E-state index contributed by atoms with van der Waals surface area (Å²) in [6.45, 7) is 6.50. The molecule has 2 heterocycles. The van der Waals surface area contributed by atoms with Gasteiger partial charge in [-0.05, 0) is 45.7 Å². The van der Waals surface area contributed by atoms with Crippen molar-refractivity contribution in [3.63, 3.8) is 0 Å². The number of hydrogen-bond donors (Lipinski definition) is 1. The van der Waals surface area contributed by atoms with E-state index in [0.29, 0.717) is 12.1 Å². The molecule has 1 fully saturated rings. The predicted molar refractivity (Wildman–Crippen MR) is 90.3 cm³/mol. The van der Waals surface area contributed by atoms with E-state index in [9.17, 15) is 0 Å². The monoisotopic (exact) mass is 303 g/mol. The lowest BCUT2D eigenvalue weighted by Gasteiger charge is -2.19. The second kappa shape index (κ2) is 6.22. The van der Waals surface area contributed by atoms with Gasteiger partial charge >= 0.3 is 0 Å². The van der Waals surface area contributed by atoms with Crippen LogP contribution in [0.15, 0.2) is 18.3 Å². The number of nitrogens with zero attached hydrogens (tertiary/aromatic N) is 2. The standard InChI is InChI=1S/C17H25N3S/c1-12(10-16-9-8-14(3)21-16)18-17-19-13(2)11-20(17)15-6-4-5-7-15/h8-9,11-12,15H,4-7,10H2,1-3H3,(H,18,19). The normalized spacial score (nSPS) is 17.3. The van der Waals surface area contributed by atoms with Gasteiger partial charge in [0.25, 0.3) is 0 Å². The zero-order valence-electron chi connectivity index (χ0n) is 13.2. The van der Waals surface area contributed by atoms with Crippen LogP contribution in [0.3, 0.4) is 0 Å². The molecule has 1 unspecified atom stereocenters. The molecule has 0 bridgehead atoms. The molecule has 3 nitrogen and oxygen atoms in total. The van der Waals surface area contributed by atoms with E-state index in [1.807, 2.05) is 11.3 Å². The Kier molecular flexibility index (Phi) is 4.34. The quantitative estimate of drug-likeness (QED) is 0.866. The van der Waals surface area contributed by atoms with Crippen molar-refractivity contribution in [3.05, 3.63) is 33.8 Å². The molecule has 0 radical (unpaired) electrons. The van der Waals surface area contributed by atoms with Crippen molar-refractivity contribution in [2.45, 2.75) is 65.0 Å². The molecule has 21 heavy (non-hydrogen) atoms. The van der Waals surface area contributed by atoms with Gasteiger partial charge in [-0.3, -0.25) is 0 Å². The molecule has 3 rings (SSSR count). The Balaban J connectivity index is 1.69. The van der Waals surface area contributed by atoms with Gasteiger partial charge in [-0.1, -0.05) is 12.8 Å². The van der Waals surface area contributed by atoms with Gasteiger partial charge in [0.2, 0.25) is 5.95 Å². The number of rotatable bonds is 5. The first kappa shape index (κ1) is 14.6. The first-order valence-corrected chi connectivity index (χ1v) is 8.81. The molecule has 4 heteroatoms. The zero-order valence-corrected chi connectivity index (χ0v) is 14.0. The van der Waals surface area contributed by atoms with Crippen LogP contribution in [0.2, 0.25) is 0 Å². The number of aryl methyl sites for hydroxylation is 2. The fourth-order valence-corrected chi connectivity index (χ4v) is 4.27. The summed E-state index contributed by atoms with van der Waals surface area (Å²) in [5, 5.41) is 3.62. The highest BCUT2D eigenvalue weighted by atomic mass is 32.1. The highest BCUT2D eigenvalue weighted by molar-refractivity contribution is 7.11. The number of thiophene rings is 1. The number of imidazole rings is 1. The van der Waals surface area contributed by atoms with Crippen LogP contribution in [0, 0.1) is 13.8 Å². The Morgan fingerprint density at radius 3 is 2.76 bits per heavy atom. The predicted octanol–water partition coefficient (Wildman–Crippen LogP) is 4.72. The summed E-state index contributed by atoms with van der Waals surface area (Å²) in [5.41, 5.74) is 1.11. The van der Waals surface area contributed by atoms with E-state index in [4.69, 9.17) is 4.98 Å². The lowest BCUT2D eigenvalue weighted by molar-refractivity contribution is 0.520. The number of aromatic nitrogens is 2. The molecule has 0 aromatic carbocycles. The Hall–Kier alpha value is -1.29. The third-order valence-electron chi connectivity index (χ3n) is 4.25. The van der Waals surface area contributed by atoms with Crippen LogP contribution in [0.25, 0.3) is 0 Å². The van der Waals surface area contributed by atoms with E-state index in [2.05, 4.69) is 49.0 Å². The summed E-state index contributed by atoms with van der Waals surface area (Å²) in [5.74, 6) is 1.06. The van der Waals surface area contributed by atoms with Gasteiger partial charge in [-0.25, -0.2) is 4.98 Å². The number of nitrogens with one attached hydrogen (secondary N) is 1. The van der Waals surface area contributed by atoms with Crippen molar-refractivity contribution < 1.29 is 0 Å². The molecule has 114 valence electrons. The Bertz CT molecular complexity index is 593. The summed E-state index contributed by atoms with van der Waals surface area (Å²) >= 11 is 1.89. The zero-order chi connectivity index (χ0) is 14.8. The van der Waals surface area contributed by atoms with Crippen molar-refractivity contribution in [1.29, 1.82) is 0 Å². The molecule has 2 aromatic rings. The van der Waals surface area contributed by atoms with Crippen molar-refractivity contribution in [2.75, 3.05) is 5.32 Å². The first-order valence-electron chi connectivity index (χ1n) is 7.99. The minimum atomic E-state index is 0.407. The summed E-state index contributed by atoms with van der Waals surface area (Å²) in [4.78, 5) is 7.53. The van der Waals surface area contributed by atoms with Crippen LogP contribution in [-0.4, -0.2) is 15.6 Å². The average Bonchev–Trinajstić information content (AvgIpc) is 3.11. The Morgan fingerprint density at radius 2 is 2.10 bits per heavy atom. The fraction of sp³-hybridized carbons (Fsp3) is 0.588. The van der Waals surface area contributed by atoms with Gasteiger partial charge in [-0.15, -0.1) is 11.3 Å². The molecule has 1 saturated carbocycles. The van der Waals surface area contributed by atoms with E-state index >= 15 is 0 Å². The van der Waals surface area contributed by atoms with Crippen LogP contribution in [-0.2, 0) is 6.42 Å². The van der Waals surface area contributed by atoms with Crippen LogP contribution in [0.4, 0.5) is 5.95 Å². The van der Waals surface area contributed by atoms with Crippen LogP contribution in [0.1, 0.15) is 54.1 Å². The topological polar surface area (TPSA) is 29.9 Å². The van der Waals surface area contributed by atoms with Gasteiger partial charge in [-0.2, -0.15) is 0 Å². The molecule has 1 atom stereocenters. The Morgan fingerprint density at radius 1 is 1.33 bits per heavy atom. The minimum absolute atomic E-state index is 0.407. The fourth-order valence-electron chi connectivity index (χ4n) is 3.25. The van der Waals surface area contributed by atoms with E-state index in [-0.39, 0.29) is 0 Å². The van der Waals surface area contributed by atoms with Gasteiger partial charge < -0.3 is 9.88 Å². The van der Waals surface area contributed by atoms with E-state index in [0.717, 1.165) is 18.1 Å². The SMILES string of the molecule is Cc1cn(C2CCCC2)c(NC(C)Cc2ccc(C)s2)n1. The lowest BCUT2D eigenvalue weighted by atomic mass is 10.2. The highest BCUT2D eigenvalue weighted by Gasteiger charge is 2.21. The third-order valence-corrected chi connectivity index (χ3v) is 5.27. The van der Waals surface area contributed by atoms with Crippen molar-refractivity contribution in [1.82, 2.24) is 9.55 Å². The maximum atomic E-state index is 4.70. The maximum absolute atomic E-state index is 4.70. The number of hydrogen-bond acceptors (Lipinski definition) is 3. The van der Waals surface area contributed by atoms with Crippen molar-refractivity contribution in [2.24, 2.45) is 0 Å². The molecule has 1 aliphatic carbocycles. The largest absolute Gasteiger partial charge is 0.353 e. The summed E-state index contributed by atoms with van der Waals surface area (Å²) in [6, 6.07) is 5.50. The molecule has 0 spiro atoms. The second-order valence-electron chi connectivity index (χ2n) is 6.31. The number of anilines is 1. The molecule has 0 saturated heterocycles. The summed E-state index contributed by atoms with van der Waals surface area (Å²) in [7, 11) is 0. The molecule has 1 aliphatic rings. The molecular formula is C17H25N3S. The third kappa shape index (κ3) is 3.49. The van der Waals surface area contributed by atoms with Crippen LogP contribution >= 0.6 is 11.3 Å². The van der Waals surface area contributed by atoms with Crippen molar-refractivity contribution in [3.8, 4) is 0 Å². The van der Waals surface area contributed by atoms with Crippen LogP contribution < -0.4 is 5.32 Å². The highest BCUT2D eigenvalue weighted by Crippen LogP contribution is 2.32. The molecule has 0 amide bonds. The van der Waals surface area contributed by atoms with Gasteiger partial charge in [0.1, 0.15) is 0 Å². The van der Waals surface area contributed by atoms with Crippen molar-refractivity contribution >= 4 is 17.3 Å². The molecule has 1 N–H and O–H groups in total. The van der Waals surface area contributed by atoms with E-state index in [1.165, 1.54) is 35.4 Å². The Labute approximate surface area is 131 Å². The lowest BCUT2D eigenvalue weighted by Crippen LogP contribution is -2.21. The van der Waals surface area contributed by atoms with E-state index in [1.54, 1.807) is 0 Å². The molecule has 2 aromatic heterocycles. The summed E-state index contributed by atoms with van der Waals surface area (Å²) < 4.78 is 2.37. The summed E-state index contributed by atoms with van der Waals surface area (Å²) in [6.07, 6.45) is 8.57. The molecular weight excluding hydrogens is 278 g/mol. The van der Waals surface area contributed by atoms with Gasteiger partial charge in [0.05, 0.1) is 5.69 Å². The molecule has 0 aliphatic heterocycles. The smallest absolute Gasteiger partial charge is 0.203 e. The van der Waals surface area contributed by atoms with Gasteiger partial charge in [0, 0.05) is 34.5 Å². The first-order chi connectivity index (χ1) is 10.1. The van der Waals surface area contributed by atoms with E-state index < -0.39 is 0 Å². The van der Waals surface area contributed by atoms with Crippen LogP contribution in [0.5, 0.6) is 0 Å². The second-order valence-corrected chi connectivity index (χ2v) is 7.69. The minimum Gasteiger partial charge on any atom is -0.353 e. The maximum Gasteiger partial charge on any atom is 0.203 e. The van der Waals surface area contributed by atoms with Gasteiger partial charge in [0.15, 0.2) is 0 Å².